The number of allylic oxidation sites excluding steroid dienone is 6. The Balaban J connectivity index is 3.85. The van der Waals surface area contributed by atoms with Gasteiger partial charge >= 0.3 is 11.9 Å². The number of carbonyl (C=O) groups excluding carboxylic acids is 2. The van der Waals surface area contributed by atoms with E-state index in [0.29, 0.717) is 17.4 Å². The van der Waals surface area contributed by atoms with Crippen molar-refractivity contribution in [2.45, 2.75) is 457 Å². The van der Waals surface area contributed by atoms with Crippen molar-refractivity contribution in [3.05, 3.63) is 36.5 Å². The van der Waals surface area contributed by atoms with Crippen molar-refractivity contribution in [1.29, 1.82) is 0 Å². The highest BCUT2D eigenvalue weighted by Crippen LogP contribution is 2.38. The number of quaternary nitrogens is 1. The lowest BCUT2D eigenvalue weighted by atomic mass is 10.0. The zero-order chi connectivity index (χ0) is 69.7. The number of rotatable bonds is 81. The van der Waals surface area contributed by atoms with Gasteiger partial charge in [0.1, 0.15) is 19.8 Å². The summed E-state index contributed by atoms with van der Waals surface area (Å²) in [6.45, 7) is 4.31. The molecule has 0 N–H and O–H groups in total. The van der Waals surface area contributed by atoms with Crippen LogP contribution in [-0.4, -0.2) is 70.0 Å². The summed E-state index contributed by atoms with van der Waals surface area (Å²) in [6, 6.07) is 0. The predicted octanol–water partition coefficient (Wildman–Crippen LogP) is 27.9. The van der Waals surface area contributed by atoms with Crippen molar-refractivity contribution in [1.82, 2.24) is 0 Å². The molecule has 0 rings (SSSR count). The predicted molar refractivity (Wildman–Crippen MR) is 416 cm³/mol. The molecule has 568 valence electrons. The Hall–Kier alpha value is -1.77. The number of ether oxygens (including phenoxy) is 2. The highest BCUT2D eigenvalue weighted by atomic mass is 31.2. The lowest BCUT2D eigenvalue weighted by molar-refractivity contribution is -0.870. The smallest absolute Gasteiger partial charge is 0.306 e. The number of likely N-dealkylation sites (N-methyl/N-ethyl adjacent to an activating group) is 1. The van der Waals surface area contributed by atoms with Crippen LogP contribution in [0.4, 0.5) is 0 Å². The summed E-state index contributed by atoms with van der Waals surface area (Å²) >= 11 is 0. The summed E-state index contributed by atoms with van der Waals surface area (Å²) in [5.41, 5.74) is 0. The van der Waals surface area contributed by atoms with E-state index in [-0.39, 0.29) is 32.0 Å². The second-order valence-electron chi connectivity index (χ2n) is 30.6. The van der Waals surface area contributed by atoms with E-state index in [4.69, 9.17) is 18.5 Å². The Kier molecular flexibility index (Phi) is 76.0. The third kappa shape index (κ3) is 81.2. The van der Waals surface area contributed by atoms with E-state index in [1.54, 1.807) is 0 Å². The molecular formula is C86H166NO8P. The van der Waals surface area contributed by atoms with Crippen LogP contribution in [0.25, 0.3) is 0 Å². The Morgan fingerprint density at radius 3 is 0.833 bits per heavy atom. The zero-order valence-corrected chi connectivity index (χ0v) is 66.0. The first-order chi connectivity index (χ1) is 47.0. The molecule has 0 spiro atoms. The number of hydrogen-bond donors (Lipinski definition) is 0. The lowest BCUT2D eigenvalue weighted by Gasteiger charge is -2.28. The van der Waals surface area contributed by atoms with E-state index in [1.165, 1.54) is 366 Å². The first-order valence-corrected chi connectivity index (χ1v) is 44.2. The molecule has 0 aromatic carbocycles. The molecule has 0 saturated heterocycles. The summed E-state index contributed by atoms with van der Waals surface area (Å²) in [6.07, 6.45) is 102. The van der Waals surface area contributed by atoms with Gasteiger partial charge in [-0.25, -0.2) is 0 Å². The van der Waals surface area contributed by atoms with Crippen LogP contribution in [0.3, 0.4) is 0 Å². The molecule has 0 fully saturated rings. The van der Waals surface area contributed by atoms with Crippen molar-refractivity contribution >= 4 is 19.8 Å². The highest BCUT2D eigenvalue weighted by Gasteiger charge is 2.22. The second-order valence-corrected chi connectivity index (χ2v) is 32.0. The number of esters is 2. The fourth-order valence-electron chi connectivity index (χ4n) is 13.1. The van der Waals surface area contributed by atoms with E-state index in [0.717, 1.165) is 51.4 Å². The molecule has 10 heteroatoms. The van der Waals surface area contributed by atoms with Crippen LogP contribution in [0.1, 0.15) is 450 Å². The van der Waals surface area contributed by atoms with Crippen LogP contribution in [0, 0.1) is 0 Å². The van der Waals surface area contributed by atoms with Gasteiger partial charge in [-0.3, -0.25) is 14.2 Å². The first-order valence-electron chi connectivity index (χ1n) is 42.7. The van der Waals surface area contributed by atoms with Gasteiger partial charge in [0, 0.05) is 12.8 Å². The minimum Gasteiger partial charge on any atom is -0.756 e. The summed E-state index contributed by atoms with van der Waals surface area (Å²) < 4.78 is 34.5. The summed E-state index contributed by atoms with van der Waals surface area (Å²) in [4.78, 5) is 38.2. The number of phosphoric acid groups is 1. The number of nitrogens with zero attached hydrogens (tertiary/aromatic N) is 1. The van der Waals surface area contributed by atoms with Gasteiger partial charge in [-0.2, -0.15) is 0 Å². The topological polar surface area (TPSA) is 111 Å². The molecule has 2 atom stereocenters. The maximum absolute atomic E-state index is 12.9. The zero-order valence-electron chi connectivity index (χ0n) is 65.1. The lowest BCUT2D eigenvalue weighted by Crippen LogP contribution is -2.37. The average Bonchev–Trinajstić information content (AvgIpc) is 1.97. The van der Waals surface area contributed by atoms with E-state index in [1.807, 2.05) is 21.1 Å². The molecule has 0 amide bonds. The molecule has 9 nitrogen and oxygen atoms in total. The monoisotopic (exact) mass is 1370 g/mol. The van der Waals surface area contributed by atoms with E-state index < -0.39 is 26.5 Å². The average molecular weight is 1370 g/mol. The van der Waals surface area contributed by atoms with Crippen LogP contribution in [-0.2, 0) is 32.7 Å². The maximum atomic E-state index is 12.9. The van der Waals surface area contributed by atoms with Gasteiger partial charge in [0.25, 0.3) is 7.82 Å². The van der Waals surface area contributed by atoms with Crippen LogP contribution in [0.2, 0.25) is 0 Å². The number of unbranched alkanes of at least 4 members (excludes halogenated alkanes) is 61. The van der Waals surface area contributed by atoms with E-state index in [9.17, 15) is 19.0 Å². The van der Waals surface area contributed by atoms with Crippen LogP contribution >= 0.6 is 7.82 Å². The molecular weight excluding hydrogens is 1210 g/mol. The number of phosphoric ester groups is 1. The van der Waals surface area contributed by atoms with E-state index in [2.05, 4.69) is 50.3 Å². The molecule has 2 unspecified atom stereocenters. The fraction of sp³-hybridized carbons (Fsp3) is 0.907. The van der Waals surface area contributed by atoms with Crippen molar-refractivity contribution in [3.63, 3.8) is 0 Å². The van der Waals surface area contributed by atoms with Gasteiger partial charge in [-0.15, -0.1) is 0 Å². The standard InChI is InChI=1S/C86H166NO8P/c1-6-8-10-12-14-16-18-20-22-24-26-28-30-32-34-36-38-39-40-41-42-43-44-45-46-47-49-50-52-54-56-58-60-62-64-66-68-70-72-74-76-78-85(88)92-82-84(83-94-96(90,91)93-81-80-87(3,4)5)95-86(89)79-77-75-73-71-69-67-65-63-61-59-57-55-53-51-48-37-35-33-31-29-27-25-23-21-19-17-15-13-11-9-7-2/h19,21,25,27,31,33,84H,6-18,20,22-24,26,28-30,32,34-83H2,1-5H3/b21-19-,27-25-,33-31-. The highest BCUT2D eigenvalue weighted by molar-refractivity contribution is 7.45. The molecule has 0 aliphatic rings. The van der Waals surface area contributed by atoms with Crippen molar-refractivity contribution in [2.24, 2.45) is 0 Å². The van der Waals surface area contributed by atoms with Gasteiger partial charge in [0.15, 0.2) is 6.10 Å². The fourth-order valence-corrected chi connectivity index (χ4v) is 13.9. The van der Waals surface area contributed by atoms with Crippen molar-refractivity contribution in [3.8, 4) is 0 Å². The minimum absolute atomic E-state index is 0.0279. The first kappa shape index (κ1) is 94.2. The van der Waals surface area contributed by atoms with Gasteiger partial charge < -0.3 is 27.9 Å². The third-order valence-electron chi connectivity index (χ3n) is 19.7. The Morgan fingerprint density at radius 2 is 0.562 bits per heavy atom. The summed E-state index contributed by atoms with van der Waals surface area (Å²) in [5.74, 6) is -0.808. The van der Waals surface area contributed by atoms with Gasteiger partial charge in [-0.05, 0) is 51.4 Å². The second kappa shape index (κ2) is 77.4. The summed E-state index contributed by atoms with van der Waals surface area (Å²) in [7, 11) is 1.19. The molecule has 0 heterocycles. The van der Waals surface area contributed by atoms with Crippen LogP contribution < -0.4 is 4.89 Å². The number of carbonyl (C=O) groups is 2. The maximum Gasteiger partial charge on any atom is 0.306 e. The quantitative estimate of drug-likeness (QED) is 0.0195. The Bertz CT molecular complexity index is 1710. The Morgan fingerprint density at radius 1 is 0.323 bits per heavy atom. The SMILES string of the molecule is CCCCCCC/C=C\C/C=C\C/C=C\CCCCCCCCCCCCCCCCCCC(=O)OC(COC(=O)CCCCCCCCCCCCCCCCCCCCCCCCCCCCCCCCCCCCCCCCCCC)COP(=O)([O-])OCC[N+](C)(C)C. The largest absolute Gasteiger partial charge is 0.756 e. The van der Waals surface area contributed by atoms with Gasteiger partial charge in [0.05, 0.1) is 27.7 Å². The molecule has 0 aromatic rings. The van der Waals surface area contributed by atoms with Crippen molar-refractivity contribution < 1.29 is 42.1 Å². The molecule has 0 saturated carbocycles. The molecule has 0 aliphatic carbocycles. The molecule has 0 aliphatic heterocycles. The van der Waals surface area contributed by atoms with Crippen LogP contribution in [0.15, 0.2) is 36.5 Å². The van der Waals surface area contributed by atoms with Crippen LogP contribution in [0.5, 0.6) is 0 Å². The normalized spacial score (nSPS) is 13.1. The Labute approximate surface area is 599 Å². The number of hydrogen-bond acceptors (Lipinski definition) is 8. The minimum atomic E-state index is -4.64. The van der Waals surface area contributed by atoms with E-state index >= 15 is 0 Å². The molecule has 96 heavy (non-hydrogen) atoms. The molecule has 0 bridgehead atoms. The molecule has 0 aromatic heterocycles. The van der Waals surface area contributed by atoms with Crippen molar-refractivity contribution in [2.75, 3.05) is 47.5 Å². The van der Waals surface area contributed by atoms with Gasteiger partial charge in [-0.1, -0.05) is 423 Å². The third-order valence-corrected chi connectivity index (χ3v) is 20.6. The van der Waals surface area contributed by atoms with Gasteiger partial charge in [0.2, 0.25) is 0 Å². The summed E-state index contributed by atoms with van der Waals surface area (Å²) in [5, 5.41) is 0. The molecule has 0 radical (unpaired) electrons.